The summed E-state index contributed by atoms with van der Waals surface area (Å²) in [4.78, 5) is 0. The molecule has 2 atom stereocenters. The number of rotatable bonds is 2. The van der Waals surface area contributed by atoms with Gasteiger partial charge in [-0.25, -0.2) is 4.39 Å². The fraction of sp³-hybridized carbons (Fsp3) is 1.00. The van der Waals surface area contributed by atoms with Crippen LogP contribution in [0.2, 0.25) is 0 Å². The second kappa shape index (κ2) is 2.97. The lowest BCUT2D eigenvalue weighted by Gasteiger charge is -2.08. The first-order valence-electron chi connectivity index (χ1n) is 2.35. The normalized spacial score (nSPS) is 18.9. The van der Waals surface area contributed by atoms with Crippen molar-refractivity contribution in [3.8, 4) is 0 Å². The van der Waals surface area contributed by atoms with Crippen LogP contribution in [-0.2, 0) is 4.74 Å². The number of hydrogen-bond acceptors (Lipinski definition) is 1. The molecule has 44 valence electrons. The molecule has 0 aromatic rings. The maximum atomic E-state index is 12.0. The van der Waals surface area contributed by atoms with Gasteiger partial charge in [-0.3, -0.25) is 0 Å². The van der Waals surface area contributed by atoms with Crippen LogP contribution in [0.15, 0.2) is 0 Å². The monoisotopic (exact) mass is 106 g/mol. The van der Waals surface area contributed by atoms with Crippen molar-refractivity contribution in [3.63, 3.8) is 0 Å². The van der Waals surface area contributed by atoms with Gasteiger partial charge in [-0.05, 0) is 13.8 Å². The molecule has 2 heteroatoms. The van der Waals surface area contributed by atoms with E-state index in [1.807, 2.05) is 0 Å². The lowest BCUT2D eigenvalue weighted by Crippen LogP contribution is -2.16. The van der Waals surface area contributed by atoms with Crippen molar-refractivity contribution in [1.29, 1.82) is 0 Å². The fourth-order valence-electron chi connectivity index (χ4n) is 0.188. The summed E-state index contributed by atoms with van der Waals surface area (Å²) in [5.74, 6) is 0. The summed E-state index contributed by atoms with van der Waals surface area (Å²) < 4.78 is 16.6. The number of ether oxygens (including phenoxy) is 1. The van der Waals surface area contributed by atoms with E-state index in [1.165, 1.54) is 14.0 Å². The fourth-order valence-corrected chi connectivity index (χ4v) is 0.188. The standard InChI is InChI=1S/C5H11FO/c1-4(6)5(2)7-3/h4-5H,1-3H3/t4?,5-/m1/s1. The molecule has 0 rings (SSSR count). The molecule has 0 radical (unpaired) electrons. The molecule has 0 amide bonds. The van der Waals surface area contributed by atoms with Gasteiger partial charge in [0.25, 0.3) is 0 Å². The van der Waals surface area contributed by atoms with Gasteiger partial charge in [0.05, 0.1) is 6.10 Å². The van der Waals surface area contributed by atoms with E-state index in [0.29, 0.717) is 0 Å². The van der Waals surface area contributed by atoms with Crippen molar-refractivity contribution < 1.29 is 9.13 Å². The Bertz CT molecular complexity index is 45.3. The molecule has 0 saturated carbocycles. The molecular formula is C5H11FO. The van der Waals surface area contributed by atoms with Crippen LogP contribution in [0.5, 0.6) is 0 Å². The summed E-state index contributed by atoms with van der Waals surface area (Å²) in [5.41, 5.74) is 0. The largest absolute Gasteiger partial charge is 0.379 e. The Labute approximate surface area is 43.5 Å². The van der Waals surface area contributed by atoms with Gasteiger partial charge in [0, 0.05) is 7.11 Å². The number of hydrogen-bond donors (Lipinski definition) is 0. The Morgan fingerprint density at radius 1 is 1.43 bits per heavy atom. The second-order valence-electron chi connectivity index (χ2n) is 1.62. The SMILES string of the molecule is CO[C@H](C)C(C)F. The van der Waals surface area contributed by atoms with E-state index >= 15 is 0 Å². The molecule has 0 saturated heterocycles. The van der Waals surface area contributed by atoms with Crippen LogP contribution >= 0.6 is 0 Å². The van der Waals surface area contributed by atoms with Crippen LogP contribution in [0.25, 0.3) is 0 Å². The minimum atomic E-state index is -0.856. The highest BCUT2D eigenvalue weighted by Crippen LogP contribution is 1.98. The van der Waals surface area contributed by atoms with E-state index in [-0.39, 0.29) is 6.10 Å². The summed E-state index contributed by atoms with van der Waals surface area (Å²) in [6.07, 6.45) is -1.12. The molecule has 0 heterocycles. The molecule has 1 nitrogen and oxygen atoms in total. The van der Waals surface area contributed by atoms with Crippen molar-refractivity contribution in [1.82, 2.24) is 0 Å². The summed E-state index contributed by atoms with van der Waals surface area (Å²) in [6, 6.07) is 0. The molecule has 0 aromatic heterocycles. The molecule has 0 aliphatic carbocycles. The topological polar surface area (TPSA) is 9.23 Å². The van der Waals surface area contributed by atoms with Crippen LogP contribution in [-0.4, -0.2) is 19.4 Å². The quantitative estimate of drug-likeness (QED) is 0.516. The van der Waals surface area contributed by atoms with E-state index in [2.05, 4.69) is 4.74 Å². The van der Waals surface area contributed by atoms with Gasteiger partial charge < -0.3 is 4.74 Å². The van der Waals surface area contributed by atoms with Crippen molar-refractivity contribution in [2.24, 2.45) is 0 Å². The third-order valence-corrected chi connectivity index (χ3v) is 1.02. The molecule has 0 aliphatic heterocycles. The van der Waals surface area contributed by atoms with Gasteiger partial charge in [0.15, 0.2) is 0 Å². The van der Waals surface area contributed by atoms with Gasteiger partial charge in [-0.1, -0.05) is 0 Å². The predicted octanol–water partition coefficient (Wildman–Crippen LogP) is 1.38. The zero-order chi connectivity index (χ0) is 5.86. The third-order valence-electron chi connectivity index (χ3n) is 1.02. The van der Waals surface area contributed by atoms with Crippen molar-refractivity contribution >= 4 is 0 Å². The minimum Gasteiger partial charge on any atom is -0.379 e. The number of alkyl halides is 1. The Balaban J connectivity index is 3.14. The van der Waals surface area contributed by atoms with Gasteiger partial charge in [-0.2, -0.15) is 0 Å². The van der Waals surface area contributed by atoms with Gasteiger partial charge in [0.1, 0.15) is 6.17 Å². The van der Waals surface area contributed by atoms with Crippen LogP contribution < -0.4 is 0 Å². The van der Waals surface area contributed by atoms with Crippen molar-refractivity contribution in [2.45, 2.75) is 26.1 Å². The van der Waals surface area contributed by atoms with E-state index in [4.69, 9.17) is 0 Å². The molecule has 0 aliphatic rings. The van der Waals surface area contributed by atoms with E-state index in [9.17, 15) is 4.39 Å². The first kappa shape index (κ1) is 6.89. The molecule has 1 unspecified atom stereocenters. The molecule has 7 heavy (non-hydrogen) atoms. The average Bonchev–Trinajstić information content (AvgIpc) is 1.65. The van der Waals surface area contributed by atoms with Gasteiger partial charge in [-0.15, -0.1) is 0 Å². The smallest absolute Gasteiger partial charge is 0.123 e. The zero-order valence-electron chi connectivity index (χ0n) is 4.94. The third kappa shape index (κ3) is 2.57. The highest BCUT2D eigenvalue weighted by Gasteiger charge is 2.06. The Morgan fingerprint density at radius 2 is 1.86 bits per heavy atom. The van der Waals surface area contributed by atoms with Crippen molar-refractivity contribution in [2.75, 3.05) is 7.11 Å². The van der Waals surface area contributed by atoms with Crippen LogP contribution in [0.4, 0.5) is 4.39 Å². The lowest BCUT2D eigenvalue weighted by molar-refractivity contribution is 0.0541. The van der Waals surface area contributed by atoms with E-state index in [1.54, 1.807) is 6.92 Å². The average molecular weight is 106 g/mol. The van der Waals surface area contributed by atoms with E-state index < -0.39 is 6.17 Å². The maximum absolute atomic E-state index is 12.0. The molecular weight excluding hydrogens is 95.1 g/mol. The summed E-state index contributed by atoms with van der Waals surface area (Å²) >= 11 is 0. The van der Waals surface area contributed by atoms with Crippen LogP contribution in [0.3, 0.4) is 0 Å². The molecule has 0 spiro atoms. The van der Waals surface area contributed by atoms with Crippen LogP contribution in [0, 0.1) is 0 Å². The van der Waals surface area contributed by atoms with E-state index in [0.717, 1.165) is 0 Å². The molecule has 0 N–H and O–H groups in total. The highest BCUT2D eigenvalue weighted by atomic mass is 19.1. The minimum absolute atomic E-state index is 0.264. The summed E-state index contributed by atoms with van der Waals surface area (Å²) in [6.45, 7) is 3.18. The zero-order valence-corrected chi connectivity index (χ0v) is 4.94. The van der Waals surface area contributed by atoms with Gasteiger partial charge >= 0.3 is 0 Å². The summed E-state index contributed by atoms with van der Waals surface area (Å²) in [7, 11) is 1.50. The maximum Gasteiger partial charge on any atom is 0.123 e. The van der Waals surface area contributed by atoms with Gasteiger partial charge in [0.2, 0.25) is 0 Å². The van der Waals surface area contributed by atoms with Crippen LogP contribution in [0.1, 0.15) is 13.8 Å². The Morgan fingerprint density at radius 3 is 1.86 bits per heavy atom. The predicted molar refractivity (Wildman–Crippen MR) is 27.0 cm³/mol. The molecule has 0 aromatic carbocycles. The molecule has 0 fully saturated rings. The van der Waals surface area contributed by atoms with Crippen molar-refractivity contribution in [3.05, 3.63) is 0 Å². The molecule has 0 bridgehead atoms. The summed E-state index contributed by atoms with van der Waals surface area (Å²) in [5, 5.41) is 0. The Kier molecular flexibility index (Phi) is 2.92. The number of halogens is 1. The Hall–Kier alpha value is -0.110. The first-order valence-corrected chi connectivity index (χ1v) is 2.35. The second-order valence-corrected chi connectivity index (χ2v) is 1.62. The first-order chi connectivity index (χ1) is 3.18. The number of methoxy groups -OCH3 is 1. The highest BCUT2D eigenvalue weighted by molar-refractivity contribution is 4.54. The lowest BCUT2D eigenvalue weighted by atomic mass is 10.3.